The minimum atomic E-state index is 0.384. The lowest BCUT2D eigenvalue weighted by molar-refractivity contribution is 0.495. The van der Waals surface area contributed by atoms with E-state index in [1.165, 1.54) is 24.3 Å². The minimum absolute atomic E-state index is 0.384. The number of nitrogens with one attached hydrogen (secondary N) is 1. The third kappa shape index (κ3) is 2.76. The molecule has 0 spiro atoms. The predicted octanol–water partition coefficient (Wildman–Crippen LogP) is 3.42. The lowest BCUT2D eigenvalue weighted by atomic mass is 10.1. The Morgan fingerprint density at radius 2 is 2.20 bits per heavy atom. The van der Waals surface area contributed by atoms with Gasteiger partial charge in [0.05, 0.1) is 17.4 Å². The second-order valence-corrected chi connectivity index (χ2v) is 6.44. The summed E-state index contributed by atoms with van der Waals surface area (Å²) in [6, 6.07) is 12.9. The maximum atomic E-state index is 4.53. The third-order valence-corrected chi connectivity index (χ3v) is 5.21. The molecule has 2 atom stereocenters. The smallest absolute Gasteiger partial charge is 0.0649 e. The van der Waals surface area contributed by atoms with Gasteiger partial charge in [-0.1, -0.05) is 25.1 Å². The molecule has 2 aromatic rings. The number of nitrogens with zero attached hydrogens (tertiary/aromatic N) is 2. The van der Waals surface area contributed by atoms with E-state index in [0.29, 0.717) is 11.3 Å². The van der Waals surface area contributed by atoms with Gasteiger partial charge in [-0.15, -0.1) is 0 Å². The third-order valence-electron chi connectivity index (χ3n) is 3.75. The molecule has 3 rings (SSSR count). The number of thioether (sulfide) groups is 1. The summed E-state index contributed by atoms with van der Waals surface area (Å²) in [4.78, 5) is 0. The fraction of sp³-hybridized carbons (Fsp3) is 0.438. The highest BCUT2D eigenvalue weighted by Crippen LogP contribution is 2.36. The average molecular weight is 287 g/mol. The molecule has 1 N–H and O–H groups in total. The molecule has 1 aromatic heterocycles. The molecular formula is C16H21N3S. The van der Waals surface area contributed by atoms with E-state index in [4.69, 9.17) is 0 Å². The summed E-state index contributed by atoms with van der Waals surface area (Å²) in [6.45, 7) is 3.16. The van der Waals surface area contributed by atoms with E-state index in [2.05, 4.69) is 64.1 Å². The minimum Gasteiger partial charge on any atom is -0.308 e. The highest BCUT2D eigenvalue weighted by atomic mass is 32.2. The van der Waals surface area contributed by atoms with Crippen LogP contribution in [0, 0.1) is 0 Å². The molecule has 0 bridgehead atoms. The first-order chi connectivity index (χ1) is 9.90. The number of hydrogen-bond acceptors (Lipinski definition) is 3. The maximum Gasteiger partial charge on any atom is 0.0649 e. The Kier molecular flexibility index (Phi) is 4.43. The van der Waals surface area contributed by atoms with Crippen LogP contribution in [-0.2, 0) is 0 Å². The molecule has 3 nitrogen and oxygen atoms in total. The summed E-state index contributed by atoms with van der Waals surface area (Å²) in [5.74, 6) is 1.28. The van der Waals surface area contributed by atoms with Crippen molar-refractivity contribution in [3.8, 4) is 5.69 Å². The quantitative estimate of drug-likeness (QED) is 0.914. The lowest BCUT2D eigenvalue weighted by Crippen LogP contribution is -2.30. The van der Waals surface area contributed by atoms with E-state index in [0.717, 1.165) is 12.2 Å². The molecule has 20 heavy (non-hydrogen) atoms. The fourth-order valence-corrected chi connectivity index (χ4v) is 4.24. The van der Waals surface area contributed by atoms with Crippen LogP contribution in [-0.4, -0.2) is 27.3 Å². The van der Waals surface area contributed by atoms with Crippen LogP contribution < -0.4 is 5.32 Å². The zero-order valence-electron chi connectivity index (χ0n) is 11.8. The van der Waals surface area contributed by atoms with E-state index >= 15 is 0 Å². The summed E-state index contributed by atoms with van der Waals surface area (Å²) in [6.07, 6.45) is 4.53. The van der Waals surface area contributed by atoms with Gasteiger partial charge in [0, 0.05) is 11.4 Å². The van der Waals surface area contributed by atoms with E-state index < -0.39 is 0 Å². The Morgan fingerprint density at radius 3 is 2.90 bits per heavy atom. The highest BCUT2D eigenvalue weighted by molar-refractivity contribution is 8.00. The Hall–Kier alpha value is -1.26. The van der Waals surface area contributed by atoms with Crippen molar-refractivity contribution in [1.82, 2.24) is 15.1 Å². The van der Waals surface area contributed by atoms with Gasteiger partial charge < -0.3 is 5.32 Å². The van der Waals surface area contributed by atoms with E-state index in [9.17, 15) is 0 Å². The maximum absolute atomic E-state index is 4.53. The largest absolute Gasteiger partial charge is 0.308 e. The summed E-state index contributed by atoms with van der Waals surface area (Å²) in [5, 5.41) is 8.85. The van der Waals surface area contributed by atoms with Crippen LogP contribution in [0.15, 0.2) is 42.6 Å². The Balaban J connectivity index is 1.93. The van der Waals surface area contributed by atoms with E-state index in [1.54, 1.807) is 0 Å². The normalized spacial score (nSPS) is 20.1. The Morgan fingerprint density at radius 1 is 1.35 bits per heavy atom. The number of rotatable bonds is 5. The van der Waals surface area contributed by atoms with Crippen LogP contribution in [0.1, 0.15) is 31.5 Å². The van der Waals surface area contributed by atoms with Gasteiger partial charge in [-0.2, -0.15) is 16.9 Å². The molecule has 0 radical (unpaired) electrons. The topological polar surface area (TPSA) is 29.9 Å². The highest BCUT2D eigenvalue weighted by Gasteiger charge is 2.28. The summed E-state index contributed by atoms with van der Waals surface area (Å²) < 4.78 is 2.08. The molecule has 1 aromatic carbocycles. The van der Waals surface area contributed by atoms with Crippen LogP contribution in [0.2, 0.25) is 0 Å². The van der Waals surface area contributed by atoms with E-state index in [-0.39, 0.29) is 0 Å². The first-order valence-electron chi connectivity index (χ1n) is 7.34. The molecule has 4 heteroatoms. The number of aromatic nitrogens is 2. The van der Waals surface area contributed by atoms with Crippen molar-refractivity contribution in [2.75, 3.05) is 12.3 Å². The lowest BCUT2D eigenvalue weighted by Gasteiger charge is -2.24. The van der Waals surface area contributed by atoms with Gasteiger partial charge in [-0.05, 0) is 43.3 Å². The van der Waals surface area contributed by atoms with Crippen molar-refractivity contribution >= 4 is 11.8 Å². The second-order valence-electron chi connectivity index (χ2n) is 5.09. The van der Waals surface area contributed by atoms with Crippen LogP contribution >= 0.6 is 11.8 Å². The molecule has 1 saturated heterocycles. The number of hydrogen-bond donors (Lipinski definition) is 1. The van der Waals surface area contributed by atoms with Crippen molar-refractivity contribution in [2.45, 2.75) is 31.1 Å². The van der Waals surface area contributed by atoms with Crippen molar-refractivity contribution < 1.29 is 0 Å². The standard InChI is InChI=1S/C16H21N3S/c1-2-17-16(15-9-6-12-20-15)14-10-11-18-19(14)13-7-4-3-5-8-13/h3-5,7-8,10-11,15-17H,2,6,9,12H2,1H3. The van der Waals surface area contributed by atoms with Crippen LogP contribution in [0.4, 0.5) is 0 Å². The molecule has 2 heterocycles. The first-order valence-corrected chi connectivity index (χ1v) is 8.39. The molecule has 106 valence electrons. The Bertz CT molecular complexity index is 532. The van der Waals surface area contributed by atoms with Gasteiger partial charge in [0.15, 0.2) is 0 Å². The Labute approximate surface area is 124 Å². The van der Waals surface area contributed by atoms with Gasteiger partial charge >= 0.3 is 0 Å². The molecule has 1 fully saturated rings. The van der Waals surface area contributed by atoms with Gasteiger partial charge in [-0.3, -0.25) is 0 Å². The monoisotopic (exact) mass is 287 g/mol. The van der Waals surface area contributed by atoms with Crippen molar-refractivity contribution in [2.24, 2.45) is 0 Å². The fourth-order valence-electron chi connectivity index (χ4n) is 2.85. The molecule has 0 amide bonds. The molecular weight excluding hydrogens is 266 g/mol. The summed E-state index contributed by atoms with van der Waals surface area (Å²) >= 11 is 2.09. The zero-order valence-corrected chi connectivity index (χ0v) is 12.6. The number of benzene rings is 1. The molecule has 0 saturated carbocycles. The second kappa shape index (κ2) is 6.46. The molecule has 1 aliphatic heterocycles. The zero-order chi connectivity index (χ0) is 13.8. The van der Waals surface area contributed by atoms with Gasteiger partial charge in [0.2, 0.25) is 0 Å². The molecule has 2 unspecified atom stereocenters. The predicted molar refractivity (Wildman–Crippen MR) is 85.5 cm³/mol. The van der Waals surface area contributed by atoms with Gasteiger partial charge in [0.25, 0.3) is 0 Å². The summed E-state index contributed by atoms with van der Waals surface area (Å²) in [7, 11) is 0. The molecule has 1 aliphatic rings. The van der Waals surface area contributed by atoms with E-state index in [1.807, 2.05) is 12.3 Å². The van der Waals surface area contributed by atoms with Gasteiger partial charge in [0.1, 0.15) is 0 Å². The molecule has 0 aliphatic carbocycles. The number of para-hydroxylation sites is 1. The summed E-state index contributed by atoms with van der Waals surface area (Å²) in [5.41, 5.74) is 2.41. The SMILES string of the molecule is CCNC(c1ccnn1-c1ccccc1)C1CCCS1. The van der Waals surface area contributed by atoms with Crippen LogP contribution in [0.25, 0.3) is 5.69 Å². The first kappa shape index (κ1) is 13.7. The van der Waals surface area contributed by atoms with Gasteiger partial charge in [-0.25, -0.2) is 4.68 Å². The van der Waals surface area contributed by atoms with Crippen molar-refractivity contribution in [3.05, 3.63) is 48.3 Å². The van der Waals surface area contributed by atoms with Crippen molar-refractivity contribution in [1.29, 1.82) is 0 Å². The van der Waals surface area contributed by atoms with Crippen molar-refractivity contribution in [3.63, 3.8) is 0 Å². The van der Waals surface area contributed by atoms with Crippen LogP contribution in [0.5, 0.6) is 0 Å². The van der Waals surface area contributed by atoms with Crippen LogP contribution in [0.3, 0.4) is 0 Å². The average Bonchev–Trinajstić information content (AvgIpc) is 3.17.